The molecular weight excluding hydrogens is 420 g/mol. The highest BCUT2D eigenvalue weighted by Gasteiger charge is 2.60. The van der Waals surface area contributed by atoms with Crippen molar-refractivity contribution >= 4 is 35.5 Å². The molecule has 0 aromatic rings. The summed E-state index contributed by atoms with van der Waals surface area (Å²) in [5, 5.41) is 16.3. The lowest BCUT2D eigenvalue weighted by Gasteiger charge is -2.47. The topological polar surface area (TPSA) is 119 Å². The van der Waals surface area contributed by atoms with E-state index in [4.69, 9.17) is 0 Å². The Morgan fingerprint density at radius 2 is 2.03 bits per heavy atom. The molecule has 9 nitrogen and oxygen atoms in total. The average Bonchev–Trinajstić information content (AvgIpc) is 3.21. The second-order valence-corrected chi connectivity index (χ2v) is 10.4. The quantitative estimate of drug-likeness (QED) is 0.472. The number of amides is 3. The summed E-state index contributed by atoms with van der Waals surface area (Å²) < 4.78 is 0. The van der Waals surface area contributed by atoms with Crippen LogP contribution in [0.2, 0.25) is 0 Å². The SMILES string of the molecule is CC(=O)C[C@H](C)[C@H]1C(=O)N2C(C(=O)O)=C(S[C@@H]3CN[C@H](CNC(=O)N(C)C)C3)[C@H](C)[C@H]12. The molecule has 0 spiro atoms. The van der Waals surface area contributed by atoms with E-state index in [0.717, 1.165) is 11.3 Å². The number of Topliss-reactive ketones (excluding diaryl/α,β-unsaturated/α-hetero) is 1. The predicted octanol–water partition coefficient (Wildman–Crippen LogP) is 1.11. The zero-order chi connectivity index (χ0) is 23.0. The average molecular weight is 453 g/mol. The van der Waals surface area contributed by atoms with Crippen molar-refractivity contribution in [2.45, 2.75) is 50.9 Å². The molecule has 3 aliphatic heterocycles. The summed E-state index contributed by atoms with van der Waals surface area (Å²) in [5.74, 6) is -1.74. The van der Waals surface area contributed by atoms with Gasteiger partial charge in [0.2, 0.25) is 5.91 Å². The second-order valence-electron chi connectivity index (χ2n) is 9.08. The normalized spacial score (nSPS) is 30.7. The minimum Gasteiger partial charge on any atom is -0.477 e. The minimum atomic E-state index is -1.08. The van der Waals surface area contributed by atoms with Crippen LogP contribution in [0.3, 0.4) is 0 Å². The van der Waals surface area contributed by atoms with Gasteiger partial charge in [-0.05, 0) is 19.3 Å². The molecular formula is C21H32N4O5S. The van der Waals surface area contributed by atoms with Gasteiger partial charge in [0.05, 0.1) is 12.0 Å². The van der Waals surface area contributed by atoms with Crippen LogP contribution in [0.1, 0.15) is 33.6 Å². The lowest BCUT2D eigenvalue weighted by Crippen LogP contribution is -2.62. The standard InChI is InChI=1S/C21H32N4O5S/c1-10(6-11(2)26)15-16-12(3)18(17(20(28)29)25(16)19(15)27)31-14-7-13(22-9-14)8-23-21(30)24(4)5/h10,12-16,22H,6-9H2,1-5H3,(H,23,30)(H,28,29)/t10-,12+,13-,14-,15+,16+/m0/s1. The third kappa shape index (κ3) is 4.59. The number of urea groups is 1. The Labute approximate surface area is 187 Å². The highest BCUT2D eigenvalue weighted by molar-refractivity contribution is 8.03. The summed E-state index contributed by atoms with van der Waals surface area (Å²) in [6, 6.07) is -0.222. The first-order valence-electron chi connectivity index (χ1n) is 10.7. The molecule has 172 valence electrons. The summed E-state index contributed by atoms with van der Waals surface area (Å²) in [4.78, 5) is 51.8. The van der Waals surface area contributed by atoms with Crippen LogP contribution in [-0.4, -0.2) is 83.1 Å². The van der Waals surface area contributed by atoms with Crippen molar-refractivity contribution in [3.8, 4) is 0 Å². The van der Waals surface area contributed by atoms with Gasteiger partial charge >= 0.3 is 12.0 Å². The number of hydrogen-bond acceptors (Lipinski definition) is 6. The molecule has 0 aromatic heterocycles. The van der Waals surface area contributed by atoms with Gasteiger partial charge in [0.1, 0.15) is 11.5 Å². The van der Waals surface area contributed by atoms with Crippen LogP contribution in [0.4, 0.5) is 4.79 Å². The molecule has 31 heavy (non-hydrogen) atoms. The fourth-order valence-electron chi connectivity index (χ4n) is 4.92. The lowest BCUT2D eigenvalue weighted by atomic mass is 9.73. The van der Waals surface area contributed by atoms with E-state index in [1.165, 1.54) is 28.5 Å². The number of β-lactam (4-membered cyclic amide) rings is 1. The Bertz CT molecular complexity index is 814. The number of thioether (sulfide) groups is 1. The Kier molecular flexibility index (Phi) is 7.00. The first-order chi connectivity index (χ1) is 14.5. The van der Waals surface area contributed by atoms with E-state index in [2.05, 4.69) is 10.6 Å². The highest BCUT2D eigenvalue weighted by Crippen LogP contribution is 2.53. The first-order valence-corrected chi connectivity index (χ1v) is 11.6. The van der Waals surface area contributed by atoms with Gasteiger partial charge in [0, 0.05) is 55.7 Å². The van der Waals surface area contributed by atoms with Gasteiger partial charge in [0.25, 0.3) is 0 Å². The second kappa shape index (κ2) is 9.20. The summed E-state index contributed by atoms with van der Waals surface area (Å²) in [7, 11) is 3.37. The van der Waals surface area contributed by atoms with Crippen LogP contribution >= 0.6 is 11.8 Å². The van der Waals surface area contributed by atoms with Gasteiger partial charge in [0.15, 0.2) is 0 Å². The number of carboxylic acid groups (broad SMARTS) is 1. The number of fused-ring (bicyclic) bond motifs is 1. The summed E-state index contributed by atoms with van der Waals surface area (Å²) in [5.41, 5.74) is 0.100. The number of hydrogen-bond donors (Lipinski definition) is 3. The maximum atomic E-state index is 12.8. The smallest absolute Gasteiger partial charge is 0.353 e. The number of aliphatic carboxylic acids is 1. The molecule has 3 rings (SSSR count). The van der Waals surface area contributed by atoms with Crippen molar-refractivity contribution in [3.63, 3.8) is 0 Å². The van der Waals surface area contributed by atoms with Crippen molar-refractivity contribution < 1.29 is 24.3 Å². The molecule has 3 heterocycles. The highest BCUT2D eigenvalue weighted by atomic mass is 32.2. The molecule has 0 aromatic carbocycles. The monoisotopic (exact) mass is 452 g/mol. The van der Waals surface area contributed by atoms with Crippen molar-refractivity contribution in [2.24, 2.45) is 17.8 Å². The zero-order valence-electron chi connectivity index (χ0n) is 18.7. The van der Waals surface area contributed by atoms with Crippen LogP contribution in [0.15, 0.2) is 10.6 Å². The number of carboxylic acids is 1. The molecule has 2 saturated heterocycles. The van der Waals surface area contributed by atoms with E-state index >= 15 is 0 Å². The van der Waals surface area contributed by atoms with Gasteiger partial charge in [-0.2, -0.15) is 0 Å². The van der Waals surface area contributed by atoms with Crippen molar-refractivity contribution in [1.29, 1.82) is 0 Å². The number of nitrogens with zero attached hydrogens (tertiary/aromatic N) is 2. The number of ketones is 1. The Morgan fingerprint density at radius 3 is 2.61 bits per heavy atom. The largest absolute Gasteiger partial charge is 0.477 e. The van der Waals surface area contributed by atoms with Gasteiger partial charge in [-0.1, -0.05) is 13.8 Å². The lowest BCUT2D eigenvalue weighted by molar-refractivity contribution is -0.160. The summed E-state index contributed by atoms with van der Waals surface area (Å²) in [6.45, 7) is 6.60. The molecule has 0 saturated carbocycles. The molecule has 0 unspecified atom stereocenters. The van der Waals surface area contributed by atoms with Crippen LogP contribution in [0.5, 0.6) is 0 Å². The fourth-order valence-corrected chi connectivity index (χ4v) is 6.44. The minimum absolute atomic E-state index is 0.0369. The predicted molar refractivity (Wildman–Crippen MR) is 117 cm³/mol. The Hall–Kier alpha value is -2.07. The number of rotatable bonds is 8. The van der Waals surface area contributed by atoms with E-state index in [1.807, 2.05) is 13.8 Å². The summed E-state index contributed by atoms with van der Waals surface area (Å²) >= 11 is 1.53. The van der Waals surface area contributed by atoms with E-state index in [-0.39, 0.29) is 58.5 Å². The van der Waals surface area contributed by atoms with Gasteiger partial charge < -0.3 is 30.3 Å². The fraction of sp³-hybridized carbons (Fsp3) is 0.714. The van der Waals surface area contributed by atoms with Crippen molar-refractivity contribution in [3.05, 3.63) is 10.6 Å². The molecule has 10 heteroatoms. The first kappa shape index (κ1) is 23.6. The van der Waals surface area contributed by atoms with Crippen molar-refractivity contribution in [1.82, 2.24) is 20.4 Å². The van der Waals surface area contributed by atoms with Crippen molar-refractivity contribution in [2.75, 3.05) is 27.2 Å². The molecule has 6 atom stereocenters. The number of carbonyl (C=O) groups is 4. The third-order valence-corrected chi connectivity index (χ3v) is 7.91. The molecule has 0 radical (unpaired) electrons. The van der Waals surface area contributed by atoms with E-state index in [0.29, 0.717) is 19.5 Å². The van der Waals surface area contributed by atoms with E-state index < -0.39 is 5.97 Å². The Morgan fingerprint density at radius 1 is 1.35 bits per heavy atom. The van der Waals surface area contributed by atoms with Crippen LogP contribution < -0.4 is 10.6 Å². The van der Waals surface area contributed by atoms with E-state index in [9.17, 15) is 24.3 Å². The number of carbonyl (C=O) groups excluding carboxylic acids is 3. The number of nitrogens with one attached hydrogen (secondary N) is 2. The third-order valence-electron chi connectivity index (χ3n) is 6.39. The molecule has 3 N–H and O–H groups in total. The van der Waals surface area contributed by atoms with Gasteiger partial charge in [-0.3, -0.25) is 4.79 Å². The van der Waals surface area contributed by atoms with Crippen LogP contribution in [0, 0.1) is 17.8 Å². The molecule has 0 aliphatic carbocycles. The molecule has 2 fully saturated rings. The van der Waals surface area contributed by atoms with E-state index in [1.54, 1.807) is 14.1 Å². The van der Waals surface area contributed by atoms with Gasteiger partial charge in [-0.25, -0.2) is 9.59 Å². The van der Waals surface area contributed by atoms with Crippen LogP contribution in [-0.2, 0) is 14.4 Å². The molecule has 3 aliphatic rings. The zero-order valence-corrected chi connectivity index (χ0v) is 19.5. The maximum Gasteiger partial charge on any atom is 0.353 e. The molecule has 3 amide bonds. The summed E-state index contributed by atoms with van der Waals surface area (Å²) in [6.07, 6.45) is 1.12. The van der Waals surface area contributed by atoms with Gasteiger partial charge in [-0.15, -0.1) is 11.8 Å². The van der Waals surface area contributed by atoms with Crippen LogP contribution in [0.25, 0.3) is 0 Å². The Balaban J connectivity index is 1.67. The maximum absolute atomic E-state index is 12.8. The molecule has 0 bridgehead atoms.